The van der Waals surface area contributed by atoms with Gasteiger partial charge in [-0.1, -0.05) is 96.3 Å². The van der Waals surface area contributed by atoms with Gasteiger partial charge >= 0.3 is 0 Å². The second-order valence-electron chi connectivity index (χ2n) is 10.4. The third kappa shape index (κ3) is 8.73. The summed E-state index contributed by atoms with van der Waals surface area (Å²) in [7, 11) is -2.83. The van der Waals surface area contributed by atoms with Crippen molar-refractivity contribution in [3.63, 3.8) is 0 Å². The molecule has 0 saturated heterocycles. The zero-order chi connectivity index (χ0) is 33.3. The van der Waals surface area contributed by atoms with Crippen LogP contribution >= 0.6 is 34.8 Å². The molecule has 0 radical (unpaired) electrons. The minimum Gasteiger partial charge on any atom is -0.495 e. The van der Waals surface area contributed by atoms with Gasteiger partial charge in [0.2, 0.25) is 11.8 Å². The molecule has 0 unspecified atom stereocenters. The van der Waals surface area contributed by atoms with Crippen LogP contribution in [0.25, 0.3) is 0 Å². The molecule has 2 amide bonds. The van der Waals surface area contributed by atoms with E-state index in [9.17, 15) is 18.0 Å². The fourth-order valence-electron chi connectivity index (χ4n) is 4.81. The lowest BCUT2D eigenvalue weighted by molar-refractivity contribution is -0.140. The van der Waals surface area contributed by atoms with Crippen molar-refractivity contribution in [3.05, 3.63) is 123 Å². The summed E-state index contributed by atoms with van der Waals surface area (Å²) in [5.41, 5.74) is 1.57. The number of rotatable bonds is 14. The monoisotopic (exact) mass is 701 g/mol. The van der Waals surface area contributed by atoms with Crippen molar-refractivity contribution in [3.8, 4) is 5.75 Å². The number of carbonyl (C=O) groups is 2. The quantitative estimate of drug-likeness (QED) is 0.153. The molecule has 0 spiro atoms. The fraction of sp³-hybridized carbons (Fsp3) is 0.235. The maximum absolute atomic E-state index is 14.5. The van der Waals surface area contributed by atoms with Crippen LogP contribution in [0.15, 0.2) is 102 Å². The second-order valence-corrected chi connectivity index (χ2v) is 13.5. The van der Waals surface area contributed by atoms with Crippen molar-refractivity contribution >= 4 is 62.3 Å². The van der Waals surface area contributed by atoms with Crippen LogP contribution in [0.3, 0.4) is 0 Å². The third-order valence-electron chi connectivity index (χ3n) is 7.19. The number of halogens is 3. The Bertz CT molecular complexity index is 1760. The van der Waals surface area contributed by atoms with Gasteiger partial charge in [0, 0.05) is 19.5 Å². The molecule has 242 valence electrons. The van der Waals surface area contributed by atoms with Crippen LogP contribution in [0.4, 0.5) is 5.69 Å². The molecule has 0 heterocycles. The zero-order valence-electron chi connectivity index (χ0n) is 25.3. The minimum atomic E-state index is -4.28. The van der Waals surface area contributed by atoms with Crippen molar-refractivity contribution < 1.29 is 22.7 Å². The van der Waals surface area contributed by atoms with Gasteiger partial charge in [-0.3, -0.25) is 13.9 Å². The Kier molecular flexibility index (Phi) is 12.3. The van der Waals surface area contributed by atoms with E-state index >= 15 is 0 Å². The Morgan fingerprint density at radius 1 is 0.826 bits per heavy atom. The number of benzene rings is 4. The van der Waals surface area contributed by atoms with Gasteiger partial charge in [-0.25, -0.2) is 8.42 Å². The molecule has 0 bridgehead atoms. The standard InChI is InChI=1S/C34H34Cl3N3O5S/c1-3-18-38-34(42)31(20-24-10-6-4-7-11-24)39(22-25-14-16-28(35)29(36)19-25)33(41)23-40(26-15-17-32(45-2)30(37)21-26)46(43,44)27-12-8-5-9-13-27/h4-17,19,21,31H,3,18,20,22-23H2,1-2H3,(H,38,42)/t31-/m0/s1. The Balaban J connectivity index is 1.82. The molecule has 8 nitrogen and oxygen atoms in total. The lowest BCUT2D eigenvalue weighted by Crippen LogP contribution is -2.53. The Morgan fingerprint density at radius 2 is 1.50 bits per heavy atom. The summed E-state index contributed by atoms with van der Waals surface area (Å²) in [6.45, 7) is 1.65. The average Bonchev–Trinajstić information content (AvgIpc) is 3.06. The fourth-order valence-corrected chi connectivity index (χ4v) is 6.81. The van der Waals surface area contributed by atoms with E-state index in [-0.39, 0.29) is 39.5 Å². The van der Waals surface area contributed by atoms with Crippen molar-refractivity contribution in [2.45, 2.75) is 37.2 Å². The molecule has 4 rings (SSSR count). The van der Waals surface area contributed by atoms with Gasteiger partial charge in [0.1, 0.15) is 18.3 Å². The van der Waals surface area contributed by atoms with E-state index in [0.717, 1.165) is 9.87 Å². The molecule has 0 aliphatic carbocycles. The van der Waals surface area contributed by atoms with E-state index in [1.807, 2.05) is 37.3 Å². The second kappa shape index (κ2) is 16.2. The van der Waals surface area contributed by atoms with Crippen LogP contribution in [0.2, 0.25) is 15.1 Å². The van der Waals surface area contributed by atoms with Gasteiger partial charge in [-0.2, -0.15) is 0 Å². The van der Waals surface area contributed by atoms with Crippen LogP contribution in [-0.4, -0.2) is 51.4 Å². The van der Waals surface area contributed by atoms with Crippen LogP contribution in [0.5, 0.6) is 5.75 Å². The van der Waals surface area contributed by atoms with E-state index in [1.54, 1.807) is 36.4 Å². The Labute approximate surface area is 284 Å². The predicted molar refractivity (Wildman–Crippen MR) is 183 cm³/mol. The number of nitrogens with zero attached hydrogens (tertiary/aromatic N) is 2. The molecular weight excluding hydrogens is 669 g/mol. The number of ether oxygens (including phenoxy) is 1. The summed E-state index contributed by atoms with van der Waals surface area (Å²) < 4.78 is 34.5. The summed E-state index contributed by atoms with van der Waals surface area (Å²) in [5.74, 6) is -0.653. The van der Waals surface area contributed by atoms with E-state index in [0.29, 0.717) is 29.3 Å². The van der Waals surface area contributed by atoms with E-state index in [2.05, 4.69) is 5.32 Å². The smallest absolute Gasteiger partial charge is 0.264 e. The number of sulfonamides is 1. The molecule has 0 aliphatic heterocycles. The van der Waals surface area contributed by atoms with Crippen molar-refractivity contribution in [2.24, 2.45) is 0 Å². The van der Waals surface area contributed by atoms with Gasteiger partial charge in [0.15, 0.2) is 0 Å². The SMILES string of the molecule is CCCNC(=O)[C@H](Cc1ccccc1)N(Cc1ccc(Cl)c(Cl)c1)C(=O)CN(c1ccc(OC)c(Cl)c1)S(=O)(=O)c1ccccc1. The minimum absolute atomic E-state index is 0.0210. The first kappa shape index (κ1) is 35.1. The number of hydrogen-bond acceptors (Lipinski definition) is 5. The number of anilines is 1. The first-order valence-corrected chi connectivity index (χ1v) is 17.1. The molecule has 46 heavy (non-hydrogen) atoms. The summed E-state index contributed by atoms with van der Waals surface area (Å²) in [5, 5.41) is 3.69. The van der Waals surface area contributed by atoms with Gasteiger partial charge in [0.05, 0.1) is 32.8 Å². The molecule has 12 heteroatoms. The van der Waals surface area contributed by atoms with Crippen LogP contribution < -0.4 is 14.4 Å². The highest BCUT2D eigenvalue weighted by molar-refractivity contribution is 7.92. The van der Waals surface area contributed by atoms with Crippen molar-refractivity contribution in [1.82, 2.24) is 10.2 Å². The zero-order valence-corrected chi connectivity index (χ0v) is 28.4. The molecule has 0 fully saturated rings. The molecule has 1 N–H and O–H groups in total. The van der Waals surface area contributed by atoms with Crippen molar-refractivity contribution in [2.75, 3.05) is 24.5 Å². The highest BCUT2D eigenvalue weighted by atomic mass is 35.5. The number of nitrogens with one attached hydrogen (secondary N) is 1. The number of carbonyl (C=O) groups excluding carboxylic acids is 2. The lowest BCUT2D eigenvalue weighted by atomic mass is 10.0. The molecule has 1 atom stereocenters. The Morgan fingerprint density at radius 3 is 2.11 bits per heavy atom. The molecule has 0 aromatic heterocycles. The summed E-state index contributed by atoms with van der Waals surface area (Å²) in [4.78, 5) is 29.6. The summed E-state index contributed by atoms with van der Waals surface area (Å²) >= 11 is 18.9. The molecule has 0 saturated carbocycles. The maximum atomic E-state index is 14.5. The van der Waals surface area contributed by atoms with Crippen LogP contribution in [-0.2, 0) is 32.6 Å². The number of methoxy groups -OCH3 is 1. The highest BCUT2D eigenvalue weighted by Crippen LogP contribution is 2.32. The summed E-state index contributed by atoms with van der Waals surface area (Å²) in [6, 6.07) is 25.5. The molecule has 4 aromatic carbocycles. The van der Waals surface area contributed by atoms with E-state index in [1.165, 1.54) is 42.3 Å². The number of amides is 2. The van der Waals surface area contributed by atoms with E-state index < -0.39 is 28.5 Å². The van der Waals surface area contributed by atoms with Gasteiger partial charge < -0.3 is 15.0 Å². The predicted octanol–water partition coefficient (Wildman–Crippen LogP) is 7.02. The van der Waals surface area contributed by atoms with Crippen molar-refractivity contribution in [1.29, 1.82) is 0 Å². The maximum Gasteiger partial charge on any atom is 0.264 e. The van der Waals surface area contributed by atoms with Crippen LogP contribution in [0, 0.1) is 0 Å². The average molecular weight is 703 g/mol. The first-order chi connectivity index (χ1) is 22.0. The van der Waals surface area contributed by atoms with Gasteiger partial charge in [-0.05, 0) is 60.0 Å². The van der Waals surface area contributed by atoms with Gasteiger partial charge in [-0.15, -0.1) is 0 Å². The molecular formula is C34H34Cl3N3O5S. The first-order valence-electron chi connectivity index (χ1n) is 14.5. The topological polar surface area (TPSA) is 96.0 Å². The third-order valence-corrected chi connectivity index (χ3v) is 10.0. The molecule has 4 aromatic rings. The highest BCUT2D eigenvalue weighted by Gasteiger charge is 2.35. The normalized spacial score (nSPS) is 11.8. The van der Waals surface area contributed by atoms with Gasteiger partial charge in [0.25, 0.3) is 10.0 Å². The number of hydrogen-bond donors (Lipinski definition) is 1. The van der Waals surface area contributed by atoms with Crippen LogP contribution in [0.1, 0.15) is 24.5 Å². The lowest BCUT2D eigenvalue weighted by Gasteiger charge is -2.34. The summed E-state index contributed by atoms with van der Waals surface area (Å²) in [6.07, 6.45) is 0.870. The van der Waals surface area contributed by atoms with E-state index in [4.69, 9.17) is 39.5 Å². The largest absolute Gasteiger partial charge is 0.495 e. The Hall–Kier alpha value is -3.76. The molecule has 0 aliphatic rings.